The van der Waals surface area contributed by atoms with Crippen LogP contribution in [-0.2, 0) is 20.9 Å². The van der Waals surface area contributed by atoms with Gasteiger partial charge in [0.2, 0.25) is 11.8 Å². The van der Waals surface area contributed by atoms with Crippen molar-refractivity contribution in [2.24, 2.45) is 5.92 Å². The number of ether oxygens (including phenoxy) is 1. The number of carbonyl (C=O) groups excluding carboxylic acids is 3. The Morgan fingerprint density at radius 2 is 1.74 bits per heavy atom. The zero-order chi connectivity index (χ0) is 22.5. The Morgan fingerprint density at radius 3 is 2.32 bits per heavy atom. The van der Waals surface area contributed by atoms with E-state index in [0.29, 0.717) is 23.4 Å². The molecule has 31 heavy (non-hydrogen) atoms. The number of anilines is 1. The first-order valence-electron chi connectivity index (χ1n) is 10.1. The lowest BCUT2D eigenvalue weighted by Gasteiger charge is -2.24. The van der Waals surface area contributed by atoms with Gasteiger partial charge in [-0.05, 0) is 41.3 Å². The van der Waals surface area contributed by atoms with Crippen LogP contribution in [0.25, 0.3) is 0 Å². The number of nitrogens with one attached hydrogen (secondary N) is 2. The number of amides is 3. The average molecular weight is 427 g/mol. The van der Waals surface area contributed by atoms with Gasteiger partial charge in [0.25, 0.3) is 0 Å². The number of carbonyl (C=O) groups is 3. The molecule has 8 heteroatoms. The molecule has 2 aromatic carbocycles. The first-order valence-corrected chi connectivity index (χ1v) is 10.1. The Labute approximate surface area is 180 Å². The number of rotatable bonds is 7. The molecule has 2 aromatic rings. The van der Waals surface area contributed by atoms with Gasteiger partial charge in [0.15, 0.2) is 12.1 Å². The Kier molecular flexibility index (Phi) is 6.89. The van der Waals surface area contributed by atoms with Crippen LogP contribution in [0.15, 0.2) is 48.5 Å². The summed E-state index contributed by atoms with van der Waals surface area (Å²) < 4.78 is 18.8. The van der Waals surface area contributed by atoms with E-state index < -0.39 is 18.2 Å². The molecule has 7 nitrogen and oxygen atoms in total. The molecule has 0 bridgehead atoms. The number of cyclic esters (lactones) is 1. The van der Waals surface area contributed by atoms with Crippen LogP contribution in [0.5, 0.6) is 0 Å². The highest BCUT2D eigenvalue weighted by atomic mass is 19.1. The largest absolute Gasteiger partial charge is 0.438 e. The monoisotopic (exact) mass is 427 g/mol. The highest BCUT2D eigenvalue weighted by Gasteiger charge is 2.46. The van der Waals surface area contributed by atoms with E-state index in [1.165, 1.54) is 24.0 Å². The van der Waals surface area contributed by atoms with Crippen molar-refractivity contribution < 1.29 is 23.5 Å². The molecule has 0 aliphatic carbocycles. The summed E-state index contributed by atoms with van der Waals surface area (Å²) in [6.07, 6.45) is -1.43. The van der Waals surface area contributed by atoms with E-state index in [-0.39, 0.29) is 30.1 Å². The molecule has 3 rings (SSSR count). The molecule has 0 aromatic heterocycles. The van der Waals surface area contributed by atoms with Crippen LogP contribution in [0.4, 0.5) is 14.9 Å². The van der Waals surface area contributed by atoms with Crippen LogP contribution < -0.4 is 10.6 Å². The number of nitrogens with zero attached hydrogens (tertiary/aromatic N) is 1. The highest BCUT2D eigenvalue weighted by molar-refractivity contribution is 5.90. The molecule has 0 spiro atoms. The van der Waals surface area contributed by atoms with Gasteiger partial charge in [-0.1, -0.05) is 38.1 Å². The summed E-state index contributed by atoms with van der Waals surface area (Å²) in [6.45, 7) is 5.94. The van der Waals surface area contributed by atoms with Crippen LogP contribution in [0.1, 0.15) is 38.0 Å². The second kappa shape index (κ2) is 9.59. The smallest absolute Gasteiger partial charge is 0.411 e. The molecule has 2 atom stereocenters. The maximum absolute atomic E-state index is 13.3. The van der Waals surface area contributed by atoms with Crippen molar-refractivity contribution in [1.82, 2.24) is 10.2 Å². The fourth-order valence-electron chi connectivity index (χ4n) is 3.37. The SMILES string of the molecule is CC(=O)Nc1ccc(C2OC(=O)N(Cc3ccc(F)cc3)C2C(=O)NCC(C)C)cc1. The number of hydrogen-bond acceptors (Lipinski definition) is 4. The van der Waals surface area contributed by atoms with Crippen LogP contribution in [-0.4, -0.2) is 35.4 Å². The number of hydrogen-bond donors (Lipinski definition) is 2. The predicted molar refractivity (Wildman–Crippen MR) is 114 cm³/mol. The fraction of sp³-hybridized carbons (Fsp3) is 0.348. The van der Waals surface area contributed by atoms with Crippen molar-refractivity contribution in [3.05, 3.63) is 65.5 Å². The minimum Gasteiger partial charge on any atom is -0.438 e. The van der Waals surface area contributed by atoms with Crippen molar-refractivity contribution in [2.45, 2.75) is 39.5 Å². The van der Waals surface area contributed by atoms with Gasteiger partial charge in [0.05, 0.1) is 6.54 Å². The quantitative estimate of drug-likeness (QED) is 0.707. The topological polar surface area (TPSA) is 87.7 Å². The molecule has 164 valence electrons. The molecular formula is C23H26FN3O4. The summed E-state index contributed by atoms with van der Waals surface area (Å²) >= 11 is 0. The molecule has 2 unspecified atom stereocenters. The van der Waals surface area contributed by atoms with E-state index in [0.717, 1.165) is 0 Å². The third kappa shape index (κ3) is 5.59. The lowest BCUT2D eigenvalue weighted by Crippen LogP contribution is -2.47. The molecule has 0 saturated carbocycles. The van der Waals surface area contributed by atoms with Crippen LogP contribution >= 0.6 is 0 Å². The number of benzene rings is 2. The Balaban J connectivity index is 1.87. The van der Waals surface area contributed by atoms with Gasteiger partial charge in [0.1, 0.15) is 5.82 Å². The van der Waals surface area contributed by atoms with Crippen molar-refractivity contribution in [3.8, 4) is 0 Å². The molecule has 0 radical (unpaired) electrons. The van der Waals surface area contributed by atoms with E-state index in [9.17, 15) is 18.8 Å². The maximum atomic E-state index is 13.3. The van der Waals surface area contributed by atoms with Gasteiger partial charge >= 0.3 is 6.09 Å². The second-order valence-corrected chi connectivity index (χ2v) is 7.95. The lowest BCUT2D eigenvalue weighted by atomic mass is 10.00. The van der Waals surface area contributed by atoms with Gasteiger partial charge in [-0.2, -0.15) is 0 Å². The first-order chi connectivity index (χ1) is 14.7. The lowest BCUT2D eigenvalue weighted by molar-refractivity contribution is -0.126. The molecule has 3 amide bonds. The summed E-state index contributed by atoms with van der Waals surface area (Å²) in [5.74, 6) is -0.659. The van der Waals surface area contributed by atoms with Gasteiger partial charge in [-0.3, -0.25) is 14.5 Å². The van der Waals surface area contributed by atoms with Crippen LogP contribution in [0, 0.1) is 11.7 Å². The fourth-order valence-corrected chi connectivity index (χ4v) is 3.37. The Morgan fingerprint density at radius 1 is 1.10 bits per heavy atom. The van der Waals surface area contributed by atoms with Crippen LogP contribution in [0.3, 0.4) is 0 Å². The van der Waals surface area contributed by atoms with Gasteiger partial charge in [0, 0.05) is 19.2 Å². The summed E-state index contributed by atoms with van der Waals surface area (Å²) in [7, 11) is 0. The van der Waals surface area contributed by atoms with E-state index in [4.69, 9.17) is 4.74 Å². The summed E-state index contributed by atoms with van der Waals surface area (Å²) in [5, 5.41) is 5.55. The van der Waals surface area contributed by atoms with E-state index >= 15 is 0 Å². The molecule has 1 fully saturated rings. The first kappa shape index (κ1) is 22.3. The van der Waals surface area contributed by atoms with Crippen LogP contribution in [0.2, 0.25) is 0 Å². The summed E-state index contributed by atoms with van der Waals surface area (Å²) in [5.41, 5.74) is 1.92. The molecule has 1 heterocycles. The van der Waals surface area contributed by atoms with E-state index in [2.05, 4.69) is 10.6 Å². The molecular weight excluding hydrogens is 401 g/mol. The number of halogens is 1. The molecule has 2 N–H and O–H groups in total. The summed E-state index contributed by atoms with van der Waals surface area (Å²) in [6, 6.07) is 11.7. The normalized spacial score (nSPS) is 18.1. The molecule has 1 aliphatic heterocycles. The average Bonchev–Trinajstić information content (AvgIpc) is 3.04. The zero-order valence-electron chi connectivity index (χ0n) is 17.7. The van der Waals surface area contributed by atoms with Crippen molar-refractivity contribution in [1.29, 1.82) is 0 Å². The van der Waals surface area contributed by atoms with Crippen molar-refractivity contribution in [3.63, 3.8) is 0 Å². The van der Waals surface area contributed by atoms with Crippen molar-refractivity contribution in [2.75, 3.05) is 11.9 Å². The minimum atomic E-state index is -0.886. The Bertz CT molecular complexity index is 944. The van der Waals surface area contributed by atoms with Gasteiger partial charge < -0.3 is 15.4 Å². The predicted octanol–water partition coefficient (Wildman–Crippen LogP) is 3.62. The van der Waals surface area contributed by atoms with Crippen molar-refractivity contribution >= 4 is 23.6 Å². The molecule has 1 aliphatic rings. The third-order valence-electron chi connectivity index (χ3n) is 4.86. The standard InChI is InChI=1S/C23H26FN3O4/c1-14(2)12-25-22(29)20-21(17-6-10-19(11-7-17)26-15(3)28)31-23(30)27(20)13-16-4-8-18(24)9-5-16/h4-11,14,20-21H,12-13H2,1-3H3,(H,25,29)(H,26,28). The zero-order valence-corrected chi connectivity index (χ0v) is 17.7. The summed E-state index contributed by atoms with van der Waals surface area (Å²) in [4.78, 5) is 38.3. The Hall–Kier alpha value is -3.42. The second-order valence-electron chi connectivity index (χ2n) is 7.95. The van der Waals surface area contributed by atoms with Gasteiger partial charge in [-0.25, -0.2) is 9.18 Å². The maximum Gasteiger partial charge on any atom is 0.411 e. The van der Waals surface area contributed by atoms with E-state index in [1.807, 2.05) is 13.8 Å². The highest BCUT2D eigenvalue weighted by Crippen LogP contribution is 2.34. The van der Waals surface area contributed by atoms with Gasteiger partial charge in [-0.15, -0.1) is 0 Å². The van der Waals surface area contributed by atoms with E-state index in [1.54, 1.807) is 36.4 Å². The third-order valence-corrected chi connectivity index (χ3v) is 4.86. The molecule has 1 saturated heterocycles. The minimum absolute atomic E-state index is 0.110.